The normalized spacial score (nSPS) is 13.6. The summed E-state index contributed by atoms with van der Waals surface area (Å²) < 4.78 is 71.7. The van der Waals surface area contributed by atoms with E-state index in [4.69, 9.17) is 24.9 Å². The molecule has 10 rings (SSSR count). The summed E-state index contributed by atoms with van der Waals surface area (Å²) in [4.78, 5) is 14.6. The van der Waals surface area contributed by atoms with Crippen LogP contribution in [0.1, 0.15) is 9.60 Å². The lowest BCUT2D eigenvalue weighted by Gasteiger charge is -2.13. The zero-order valence-electron chi connectivity index (χ0n) is 33.3. The molecule has 0 fully saturated rings. The Morgan fingerprint density at radius 3 is 1.84 bits per heavy atom. The van der Waals surface area contributed by atoms with Gasteiger partial charge < -0.3 is 8.98 Å². The van der Waals surface area contributed by atoms with Crippen LogP contribution >= 0.6 is 0 Å². The smallest absolute Gasteiger partial charge is 0.166 e. The first-order chi connectivity index (χ1) is 27.7. The standard InChI is InChI=1S/C45H28N4O/c1-4-14-29(15-5-1)33-21-12-23-36-38-28-32(26-27-40(38)50-42(33)36)49-39-25-11-10-20-34(39)35-22-13-24-37(41(35)49)45-47-43(30-16-6-2-7-17-30)46-44(48-45)31-18-8-3-9-19-31/h1-28H/i10D,11D,13D,20D,22D,24D,25D. The molecule has 0 amide bonds. The second kappa shape index (κ2) is 11.4. The van der Waals surface area contributed by atoms with Gasteiger partial charge in [-0.05, 0) is 35.8 Å². The van der Waals surface area contributed by atoms with Gasteiger partial charge in [0.2, 0.25) is 0 Å². The lowest BCUT2D eigenvalue weighted by molar-refractivity contribution is 0.670. The highest BCUT2D eigenvalue weighted by Gasteiger charge is 2.21. The zero-order valence-corrected chi connectivity index (χ0v) is 26.3. The van der Waals surface area contributed by atoms with Crippen LogP contribution in [0.4, 0.5) is 0 Å². The van der Waals surface area contributed by atoms with Crippen LogP contribution in [0.3, 0.4) is 0 Å². The van der Waals surface area contributed by atoms with E-state index in [0.717, 1.165) is 21.9 Å². The predicted molar refractivity (Wildman–Crippen MR) is 203 cm³/mol. The summed E-state index contributed by atoms with van der Waals surface area (Å²) in [6.07, 6.45) is 0. The summed E-state index contributed by atoms with van der Waals surface area (Å²) in [5.74, 6) is 0.690. The summed E-state index contributed by atoms with van der Waals surface area (Å²) in [5, 5.41) is 1.73. The van der Waals surface area contributed by atoms with E-state index in [1.54, 1.807) is 10.6 Å². The molecule has 0 radical (unpaired) electrons. The van der Waals surface area contributed by atoms with E-state index in [1.165, 1.54) is 0 Å². The molecule has 0 atom stereocenters. The molecular weight excluding hydrogens is 613 g/mol. The highest BCUT2D eigenvalue weighted by molar-refractivity contribution is 6.14. The van der Waals surface area contributed by atoms with E-state index in [2.05, 4.69) is 0 Å². The minimum absolute atomic E-state index is 0.0489. The van der Waals surface area contributed by atoms with Gasteiger partial charge in [0.1, 0.15) is 11.2 Å². The highest BCUT2D eigenvalue weighted by atomic mass is 16.3. The summed E-state index contributed by atoms with van der Waals surface area (Å²) in [5.41, 5.74) is 5.44. The summed E-state index contributed by atoms with van der Waals surface area (Å²) in [7, 11) is 0. The Labute approximate surface area is 297 Å². The van der Waals surface area contributed by atoms with Gasteiger partial charge in [0.25, 0.3) is 0 Å². The number of fused-ring (bicyclic) bond motifs is 6. The van der Waals surface area contributed by atoms with Crippen LogP contribution < -0.4 is 0 Å². The molecule has 5 heteroatoms. The van der Waals surface area contributed by atoms with E-state index in [0.29, 0.717) is 39.6 Å². The van der Waals surface area contributed by atoms with Crippen molar-refractivity contribution in [2.45, 2.75) is 0 Å². The van der Waals surface area contributed by atoms with E-state index in [-0.39, 0.29) is 57.4 Å². The van der Waals surface area contributed by atoms with Gasteiger partial charge >= 0.3 is 0 Å². The molecule has 0 saturated heterocycles. The van der Waals surface area contributed by atoms with Crippen molar-refractivity contribution in [2.75, 3.05) is 0 Å². The summed E-state index contributed by atoms with van der Waals surface area (Å²) in [6, 6.07) is 37.3. The molecule has 50 heavy (non-hydrogen) atoms. The van der Waals surface area contributed by atoms with Crippen LogP contribution in [-0.4, -0.2) is 19.5 Å². The molecule has 0 aliphatic rings. The molecular formula is C45H28N4O. The number of furan rings is 1. The van der Waals surface area contributed by atoms with Crippen LogP contribution in [0.2, 0.25) is 0 Å². The largest absolute Gasteiger partial charge is 0.455 e. The Balaban J connectivity index is 1.36. The topological polar surface area (TPSA) is 56.7 Å². The lowest BCUT2D eigenvalue weighted by Crippen LogP contribution is -2.02. The number of nitrogens with zero attached hydrogens (tertiary/aromatic N) is 4. The molecule has 0 saturated carbocycles. The maximum absolute atomic E-state index is 9.45. The quantitative estimate of drug-likeness (QED) is 0.186. The fourth-order valence-corrected chi connectivity index (χ4v) is 6.68. The molecule has 5 nitrogen and oxygen atoms in total. The van der Waals surface area contributed by atoms with Crippen molar-refractivity contribution in [3.05, 3.63) is 170 Å². The van der Waals surface area contributed by atoms with E-state index in [9.17, 15) is 4.11 Å². The van der Waals surface area contributed by atoms with E-state index >= 15 is 0 Å². The van der Waals surface area contributed by atoms with Crippen molar-refractivity contribution < 1.29 is 14.0 Å². The molecule has 0 spiro atoms. The molecule has 3 heterocycles. The zero-order chi connectivity index (χ0) is 39.1. The Morgan fingerprint density at radius 1 is 0.480 bits per heavy atom. The van der Waals surface area contributed by atoms with Crippen molar-refractivity contribution in [3.63, 3.8) is 0 Å². The van der Waals surface area contributed by atoms with Crippen molar-refractivity contribution in [2.24, 2.45) is 0 Å². The van der Waals surface area contributed by atoms with Crippen molar-refractivity contribution in [1.82, 2.24) is 19.5 Å². The number of benzene rings is 7. The molecule has 0 aliphatic carbocycles. The van der Waals surface area contributed by atoms with Crippen LogP contribution in [-0.2, 0) is 0 Å². The molecule has 0 N–H and O–H groups in total. The van der Waals surface area contributed by atoms with Crippen LogP contribution in [0, 0.1) is 0 Å². The number of hydrogen-bond acceptors (Lipinski definition) is 4. The average molecular weight is 648 g/mol. The third-order valence-electron chi connectivity index (χ3n) is 8.96. The van der Waals surface area contributed by atoms with Gasteiger partial charge in [-0.2, -0.15) is 0 Å². The minimum atomic E-state index is -0.475. The molecule has 10 aromatic rings. The van der Waals surface area contributed by atoms with Gasteiger partial charge in [0.15, 0.2) is 17.5 Å². The monoisotopic (exact) mass is 647 g/mol. The van der Waals surface area contributed by atoms with E-state index in [1.807, 2.05) is 121 Å². The molecule has 7 aromatic carbocycles. The van der Waals surface area contributed by atoms with Gasteiger partial charge in [-0.25, -0.2) is 15.0 Å². The summed E-state index contributed by atoms with van der Waals surface area (Å²) >= 11 is 0. The third-order valence-corrected chi connectivity index (χ3v) is 8.96. The molecule has 0 bridgehead atoms. The Bertz CT molecular complexity index is 3200. The first-order valence-corrected chi connectivity index (χ1v) is 16.1. The number of hydrogen-bond donors (Lipinski definition) is 0. The van der Waals surface area contributed by atoms with Crippen LogP contribution in [0.25, 0.3) is 94.7 Å². The third kappa shape index (κ3) is 4.52. The lowest BCUT2D eigenvalue weighted by atomic mass is 10.0. The predicted octanol–water partition coefficient (Wildman–Crippen LogP) is 11.5. The number of para-hydroxylation sites is 3. The van der Waals surface area contributed by atoms with Gasteiger partial charge in [-0.1, -0.05) is 139 Å². The Morgan fingerprint density at radius 2 is 1.12 bits per heavy atom. The molecule has 0 unspecified atom stereocenters. The SMILES string of the molecule is [2H]c1c([2H])c([2H])c2c(c1[2H])c1c([2H])c([2H])c([2H])c(-c3nc(-c4ccccc4)nc(-c4ccccc4)n3)c1n2-c1ccc2oc3c(-c4ccccc4)cccc3c2c1. The first kappa shape index (κ1) is 21.9. The van der Waals surface area contributed by atoms with Gasteiger partial charge in [-0.3, -0.25) is 0 Å². The second-order valence-corrected chi connectivity index (χ2v) is 11.9. The van der Waals surface area contributed by atoms with Crippen molar-refractivity contribution >= 4 is 43.7 Å². The van der Waals surface area contributed by atoms with Gasteiger partial charge in [0.05, 0.1) is 20.6 Å². The number of rotatable bonds is 5. The Kier molecular flexibility index (Phi) is 4.99. The highest BCUT2D eigenvalue weighted by Crippen LogP contribution is 2.41. The number of aromatic nitrogens is 4. The maximum Gasteiger partial charge on any atom is 0.166 e. The maximum atomic E-state index is 9.45. The minimum Gasteiger partial charge on any atom is -0.455 e. The molecule has 3 aromatic heterocycles. The fourth-order valence-electron chi connectivity index (χ4n) is 6.68. The van der Waals surface area contributed by atoms with Crippen molar-refractivity contribution in [3.8, 4) is 51.0 Å². The van der Waals surface area contributed by atoms with Gasteiger partial charge in [-0.15, -0.1) is 0 Å². The van der Waals surface area contributed by atoms with Crippen LogP contribution in [0.15, 0.2) is 174 Å². The van der Waals surface area contributed by atoms with Crippen LogP contribution in [0.5, 0.6) is 0 Å². The van der Waals surface area contributed by atoms with Crippen molar-refractivity contribution in [1.29, 1.82) is 0 Å². The summed E-state index contributed by atoms with van der Waals surface area (Å²) in [6.45, 7) is 0. The first-order valence-electron chi connectivity index (χ1n) is 19.6. The van der Waals surface area contributed by atoms with Gasteiger partial charge in [0, 0.05) is 49.5 Å². The Hall–Kier alpha value is -6.85. The molecule has 234 valence electrons. The fraction of sp³-hybridized carbons (Fsp3) is 0. The second-order valence-electron chi connectivity index (χ2n) is 11.9. The average Bonchev–Trinajstić information content (AvgIpc) is 3.81. The van der Waals surface area contributed by atoms with E-state index < -0.39 is 18.1 Å². The molecule has 0 aliphatic heterocycles.